The van der Waals surface area contributed by atoms with Gasteiger partial charge in [0, 0.05) is 20.2 Å². The predicted molar refractivity (Wildman–Crippen MR) is 45.7 cm³/mol. The Kier molecular flexibility index (Phi) is 3.49. The molecule has 1 saturated heterocycles. The van der Waals surface area contributed by atoms with Gasteiger partial charge in [-0.15, -0.1) is 0 Å². The van der Waals surface area contributed by atoms with E-state index in [0.29, 0.717) is 6.61 Å². The van der Waals surface area contributed by atoms with Crippen molar-refractivity contribution in [3.63, 3.8) is 0 Å². The van der Waals surface area contributed by atoms with Crippen LogP contribution >= 0.6 is 0 Å². The van der Waals surface area contributed by atoms with E-state index < -0.39 is 6.04 Å². The summed E-state index contributed by atoms with van der Waals surface area (Å²) in [6, 6.07) is -0.479. The lowest BCUT2D eigenvalue weighted by atomic mass is 10.3. The van der Waals surface area contributed by atoms with Crippen LogP contribution in [0, 0.1) is 0 Å². The van der Waals surface area contributed by atoms with Crippen molar-refractivity contribution in [2.45, 2.75) is 18.9 Å². The fraction of sp³-hybridized carbons (Fsp3) is 0.875. The molecule has 0 radical (unpaired) electrons. The van der Waals surface area contributed by atoms with Crippen molar-refractivity contribution >= 4 is 5.91 Å². The van der Waals surface area contributed by atoms with E-state index in [1.54, 1.807) is 7.11 Å². The van der Waals surface area contributed by atoms with E-state index in [1.807, 2.05) is 4.90 Å². The lowest BCUT2D eigenvalue weighted by molar-refractivity contribution is -0.132. The number of hydrogen-bond donors (Lipinski definition) is 1. The predicted octanol–water partition coefficient (Wildman–Crippen LogP) is -0.417. The number of likely N-dealkylation sites (tertiary alicyclic amines) is 1. The van der Waals surface area contributed by atoms with E-state index in [0.717, 1.165) is 25.9 Å². The van der Waals surface area contributed by atoms with Crippen LogP contribution in [0.4, 0.5) is 0 Å². The summed E-state index contributed by atoms with van der Waals surface area (Å²) in [6.07, 6.45) is 2.21. The molecule has 0 aliphatic carbocycles. The first-order chi connectivity index (χ1) is 5.75. The first kappa shape index (κ1) is 9.48. The first-order valence-corrected chi connectivity index (χ1v) is 4.29. The fourth-order valence-corrected chi connectivity index (χ4v) is 1.42. The molecular formula is C8H16N2O2. The van der Waals surface area contributed by atoms with Crippen LogP contribution in [0.1, 0.15) is 12.8 Å². The maximum absolute atomic E-state index is 11.5. The number of methoxy groups -OCH3 is 1. The minimum atomic E-state index is -0.479. The molecule has 4 nitrogen and oxygen atoms in total. The van der Waals surface area contributed by atoms with Crippen molar-refractivity contribution in [1.82, 2.24) is 4.90 Å². The topological polar surface area (TPSA) is 55.6 Å². The maximum Gasteiger partial charge on any atom is 0.241 e. The number of hydrogen-bond acceptors (Lipinski definition) is 3. The second-order valence-corrected chi connectivity index (χ2v) is 3.09. The van der Waals surface area contributed by atoms with Gasteiger partial charge in [-0.3, -0.25) is 4.79 Å². The molecule has 1 aliphatic heterocycles. The number of ether oxygens (including phenoxy) is 1. The highest BCUT2D eigenvalue weighted by Crippen LogP contribution is 2.08. The van der Waals surface area contributed by atoms with Gasteiger partial charge in [-0.2, -0.15) is 0 Å². The van der Waals surface area contributed by atoms with Gasteiger partial charge in [0.15, 0.2) is 0 Å². The number of nitrogens with two attached hydrogens (primary N) is 1. The summed E-state index contributed by atoms with van der Waals surface area (Å²) < 4.78 is 4.81. The van der Waals surface area contributed by atoms with Gasteiger partial charge in [-0.25, -0.2) is 0 Å². The van der Waals surface area contributed by atoms with Gasteiger partial charge in [0.1, 0.15) is 6.04 Å². The Morgan fingerprint density at radius 2 is 2.17 bits per heavy atom. The number of carbonyl (C=O) groups is 1. The van der Waals surface area contributed by atoms with Crippen molar-refractivity contribution in [3.8, 4) is 0 Å². The van der Waals surface area contributed by atoms with Crippen LogP contribution in [0.2, 0.25) is 0 Å². The van der Waals surface area contributed by atoms with E-state index in [9.17, 15) is 4.79 Å². The van der Waals surface area contributed by atoms with Gasteiger partial charge < -0.3 is 15.4 Å². The van der Waals surface area contributed by atoms with Gasteiger partial charge >= 0.3 is 0 Å². The van der Waals surface area contributed by atoms with Gasteiger partial charge in [0.2, 0.25) is 5.91 Å². The maximum atomic E-state index is 11.5. The zero-order valence-electron chi connectivity index (χ0n) is 7.45. The Labute approximate surface area is 72.7 Å². The molecule has 1 fully saturated rings. The Morgan fingerprint density at radius 3 is 2.67 bits per heavy atom. The van der Waals surface area contributed by atoms with Crippen molar-refractivity contribution < 1.29 is 9.53 Å². The molecule has 0 saturated carbocycles. The van der Waals surface area contributed by atoms with Crippen molar-refractivity contribution in [3.05, 3.63) is 0 Å². The molecule has 4 heteroatoms. The highest BCUT2D eigenvalue weighted by Gasteiger charge is 2.22. The van der Waals surface area contributed by atoms with E-state index >= 15 is 0 Å². The lowest BCUT2D eigenvalue weighted by Crippen LogP contribution is -2.44. The number of nitrogens with zero attached hydrogens (tertiary/aromatic N) is 1. The zero-order chi connectivity index (χ0) is 8.97. The summed E-state index contributed by atoms with van der Waals surface area (Å²) in [5.74, 6) is 0.0225. The molecule has 70 valence electrons. The largest absolute Gasteiger partial charge is 0.383 e. The Morgan fingerprint density at radius 1 is 1.58 bits per heavy atom. The third-order valence-corrected chi connectivity index (χ3v) is 2.08. The van der Waals surface area contributed by atoms with Crippen molar-refractivity contribution in [2.75, 3.05) is 26.8 Å². The smallest absolute Gasteiger partial charge is 0.241 e. The zero-order valence-corrected chi connectivity index (χ0v) is 7.45. The van der Waals surface area contributed by atoms with Crippen LogP contribution in [0.25, 0.3) is 0 Å². The van der Waals surface area contributed by atoms with Crippen molar-refractivity contribution in [2.24, 2.45) is 5.73 Å². The van der Waals surface area contributed by atoms with Gasteiger partial charge in [-0.1, -0.05) is 0 Å². The summed E-state index contributed by atoms with van der Waals surface area (Å²) in [6.45, 7) is 2.03. The Hall–Kier alpha value is -0.610. The molecular weight excluding hydrogens is 156 g/mol. The minimum absolute atomic E-state index is 0.0225. The second-order valence-electron chi connectivity index (χ2n) is 3.09. The highest BCUT2D eigenvalue weighted by molar-refractivity contribution is 5.81. The third-order valence-electron chi connectivity index (χ3n) is 2.08. The monoisotopic (exact) mass is 172 g/mol. The van der Waals surface area contributed by atoms with E-state index in [1.165, 1.54) is 0 Å². The fourth-order valence-electron chi connectivity index (χ4n) is 1.42. The number of carbonyl (C=O) groups excluding carboxylic acids is 1. The SMILES string of the molecule is COCC(N)C(=O)N1CCCC1. The molecule has 2 N–H and O–H groups in total. The quantitative estimate of drug-likeness (QED) is 0.629. The highest BCUT2D eigenvalue weighted by atomic mass is 16.5. The summed E-state index contributed by atoms with van der Waals surface area (Å²) in [5.41, 5.74) is 5.59. The molecule has 1 amide bonds. The number of rotatable bonds is 3. The molecule has 1 atom stereocenters. The Balaban J connectivity index is 2.34. The van der Waals surface area contributed by atoms with Crippen LogP contribution in [0.3, 0.4) is 0 Å². The molecule has 0 spiro atoms. The van der Waals surface area contributed by atoms with Crippen molar-refractivity contribution in [1.29, 1.82) is 0 Å². The summed E-state index contributed by atoms with van der Waals surface area (Å²) in [5, 5.41) is 0. The Bertz CT molecular complexity index is 155. The minimum Gasteiger partial charge on any atom is -0.383 e. The lowest BCUT2D eigenvalue weighted by Gasteiger charge is -2.19. The van der Waals surface area contributed by atoms with Crippen LogP contribution in [-0.2, 0) is 9.53 Å². The molecule has 0 aromatic heterocycles. The molecule has 12 heavy (non-hydrogen) atoms. The summed E-state index contributed by atoms with van der Waals surface area (Å²) in [4.78, 5) is 13.3. The average molecular weight is 172 g/mol. The van der Waals surface area contributed by atoms with Crippen LogP contribution in [0.5, 0.6) is 0 Å². The van der Waals surface area contributed by atoms with Crippen LogP contribution in [-0.4, -0.2) is 43.7 Å². The molecule has 0 aromatic rings. The second kappa shape index (κ2) is 4.42. The molecule has 1 heterocycles. The van der Waals surface area contributed by atoms with Gasteiger partial charge in [0.05, 0.1) is 6.61 Å². The van der Waals surface area contributed by atoms with Gasteiger partial charge in [-0.05, 0) is 12.8 Å². The van der Waals surface area contributed by atoms with Crippen LogP contribution < -0.4 is 5.73 Å². The molecule has 1 unspecified atom stereocenters. The first-order valence-electron chi connectivity index (χ1n) is 4.29. The normalized spacial score (nSPS) is 19.7. The van der Waals surface area contributed by atoms with E-state index in [2.05, 4.69) is 0 Å². The summed E-state index contributed by atoms with van der Waals surface area (Å²) in [7, 11) is 1.55. The summed E-state index contributed by atoms with van der Waals surface area (Å²) >= 11 is 0. The van der Waals surface area contributed by atoms with Gasteiger partial charge in [0.25, 0.3) is 0 Å². The van der Waals surface area contributed by atoms with Crippen LogP contribution in [0.15, 0.2) is 0 Å². The third kappa shape index (κ3) is 2.19. The average Bonchev–Trinajstić information content (AvgIpc) is 2.55. The molecule has 1 rings (SSSR count). The van der Waals surface area contributed by atoms with E-state index in [4.69, 9.17) is 10.5 Å². The van der Waals surface area contributed by atoms with E-state index in [-0.39, 0.29) is 5.91 Å². The standard InChI is InChI=1S/C8H16N2O2/c1-12-6-7(9)8(11)10-4-2-3-5-10/h7H,2-6,9H2,1H3. The molecule has 1 aliphatic rings. The molecule has 0 bridgehead atoms. The molecule has 0 aromatic carbocycles. The number of amides is 1.